The third kappa shape index (κ3) is 1.36. The van der Waals surface area contributed by atoms with E-state index in [-0.39, 0.29) is 5.78 Å². The number of carbonyl (C=O) groups is 1. The molecule has 0 aliphatic heterocycles. The summed E-state index contributed by atoms with van der Waals surface area (Å²) in [7, 11) is 0. The van der Waals surface area contributed by atoms with Crippen LogP contribution in [0.25, 0.3) is 0 Å². The van der Waals surface area contributed by atoms with Crippen LogP contribution in [-0.4, -0.2) is 12.3 Å². The summed E-state index contributed by atoms with van der Waals surface area (Å²) in [6, 6.07) is 5.93. The van der Waals surface area contributed by atoms with Crippen LogP contribution in [0, 0.1) is 6.92 Å². The van der Waals surface area contributed by atoms with Crippen LogP contribution in [0.15, 0.2) is 18.2 Å². The van der Waals surface area contributed by atoms with Crippen molar-refractivity contribution in [1.29, 1.82) is 0 Å². The molecule has 0 heterocycles. The van der Waals surface area contributed by atoms with Crippen LogP contribution in [0.5, 0.6) is 0 Å². The number of rotatable bonds is 1. The van der Waals surface area contributed by atoms with Crippen molar-refractivity contribution in [2.45, 2.75) is 25.7 Å². The minimum atomic E-state index is 0.272. The van der Waals surface area contributed by atoms with E-state index in [1.807, 2.05) is 12.1 Å². The lowest BCUT2D eigenvalue weighted by Crippen LogP contribution is -2.22. The van der Waals surface area contributed by atoms with Crippen LogP contribution in [0.1, 0.15) is 40.2 Å². The first-order valence-corrected chi connectivity index (χ1v) is 5.07. The molecule has 14 heavy (non-hydrogen) atoms. The first kappa shape index (κ1) is 9.41. The maximum atomic E-state index is 11.7. The molecule has 1 atom stereocenters. The van der Waals surface area contributed by atoms with E-state index in [0.29, 0.717) is 18.9 Å². The Balaban J connectivity index is 2.57. The Kier molecular flexibility index (Phi) is 2.38. The highest BCUT2D eigenvalue weighted by atomic mass is 16.1. The summed E-state index contributed by atoms with van der Waals surface area (Å²) in [5, 5.41) is 0. The van der Waals surface area contributed by atoms with E-state index < -0.39 is 0 Å². The summed E-state index contributed by atoms with van der Waals surface area (Å²) in [6.45, 7) is 2.70. The molecule has 1 aliphatic rings. The zero-order valence-electron chi connectivity index (χ0n) is 8.42. The molecule has 0 radical (unpaired) electrons. The van der Waals surface area contributed by atoms with E-state index in [4.69, 9.17) is 5.73 Å². The smallest absolute Gasteiger partial charge is 0.163 e. The Morgan fingerprint density at radius 2 is 2.29 bits per heavy atom. The number of fused-ring (bicyclic) bond motifs is 1. The van der Waals surface area contributed by atoms with Gasteiger partial charge in [-0.05, 0) is 36.9 Å². The molecule has 0 fully saturated rings. The van der Waals surface area contributed by atoms with Crippen molar-refractivity contribution < 1.29 is 4.79 Å². The van der Waals surface area contributed by atoms with Gasteiger partial charge in [0.2, 0.25) is 0 Å². The number of aryl methyl sites for hydroxylation is 1. The van der Waals surface area contributed by atoms with Crippen molar-refractivity contribution in [1.82, 2.24) is 0 Å². The van der Waals surface area contributed by atoms with Crippen molar-refractivity contribution >= 4 is 5.78 Å². The van der Waals surface area contributed by atoms with Crippen molar-refractivity contribution in [3.05, 3.63) is 34.9 Å². The van der Waals surface area contributed by atoms with E-state index in [0.717, 1.165) is 12.0 Å². The highest BCUT2D eigenvalue weighted by molar-refractivity contribution is 5.99. The van der Waals surface area contributed by atoms with Gasteiger partial charge in [-0.3, -0.25) is 4.79 Å². The lowest BCUT2D eigenvalue weighted by atomic mass is 9.80. The molecule has 1 aliphatic carbocycles. The summed E-state index contributed by atoms with van der Waals surface area (Å²) in [5.74, 6) is 0.650. The van der Waals surface area contributed by atoms with Gasteiger partial charge in [-0.15, -0.1) is 0 Å². The molecule has 0 spiro atoms. The average Bonchev–Trinajstić information content (AvgIpc) is 2.20. The Morgan fingerprint density at radius 3 is 3.00 bits per heavy atom. The van der Waals surface area contributed by atoms with Gasteiger partial charge in [-0.1, -0.05) is 18.2 Å². The second-order valence-electron chi connectivity index (χ2n) is 3.93. The van der Waals surface area contributed by atoms with Crippen LogP contribution in [0.2, 0.25) is 0 Å². The molecule has 0 saturated carbocycles. The minimum Gasteiger partial charge on any atom is -0.330 e. The fraction of sp³-hybridized carbons (Fsp3) is 0.417. The van der Waals surface area contributed by atoms with E-state index in [1.54, 1.807) is 0 Å². The molecular formula is C12H15NO. The summed E-state index contributed by atoms with van der Waals surface area (Å²) in [5.41, 5.74) is 9.00. The SMILES string of the molecule is Cc1cccc2c1C(CN)CCC2=O. The monoisotopic (exact) mass is 189 g/mol. The summed E-state index contributed by atoms with van der Waals surface area (Å²) in [4.78, 5) is 11.7. The zero-order chi connectivity index (χ0) is 10.1. The largest absolute Gasteiger partial charge is 0.330 e. The maximum Gasteiger partial charge on any atom is 0.163 e. The summed E-state index contributed by atoms with van der Waals surface area (Å²) >= 11 is 0. The molecule has 74 valence electrons. The number of hydrogen-bond acceptors (Lipinski definition) is 2. The Bertz CT molecular complexity index is 371. The van der Waals surface area contributed by atoms with Gasteiger partial charge in [0.25, 0.3) is 0 Å². The number of Topliss-reactive ketones (excluding diaryl/α,β-unsaturated/α-hetero) is 1. The molecule has 1 unspecified atom stereocenters. The van der Waals surface area contributed by atoms with Crippen LogP contribution >= 0.6 is 0 Å². The highest BCUT2D eigenvalue weighted by Gasteiger charge is 2.25. The standard InChI is InChI=1S/C12H15NO/c1-8-3-2-4-10-11(14)6-5-9(7-13)12(8)10/h2-4,9H,5-7,13H2,1H3. The molecule has 1 aromatic carbocycles. The van der Waals surface area contributed by atoms with E-state index in [9.17, 15) is 4.79 Å². The van der Waals surface area contributed by atoms with Crippen LogP contribution in [-0.2, 0) is 0 Å². The number of benzene rings is 1. The third-order valence-electron chi connectivity index (χ3n) is 3.04. The Morgan fingerprint density at radius 1 is 1.50 bits per heavy atom. The molecule has 1 aromatic rings. The van der Waals surface area contributed by atoms with Crippen molar-refractivity contribution in [2.24, 2.45) is 5.73 Å². The molecule has 0 saturated heterocycles. The maximum absolute atomic E-state index is 11.7. The predicted molar refractivity (Wildman–Crippen MR) is 56.5 cm³/mol. The van der Waals surface area contributed by atoms with Gasteiger partial charge in [0, 0.05) is 12.0 Å². The number of carbonyl (C=O) groups excluding carboxylic acids is 1. The molecule has 2 nitrogen and oxygen atoms in total. The summed E-state index contributed by atoms with van der Waals surface area (Å²) in [6.07, 6.45) is 1.56. The van der Waals surface area contributed by atoms with Crippen LogP contribution in [0.3, 0.4) is 0 Å². The predicted octanol–water partition coefficient (Wildman–Crippen LogP) is 2.01. The van der Waals surface area contributed by atoms with Gasteiger partial charge in [-0.25, -0.2) is 0 Å². The second kappa shape index (κ2) is 3.54. The lowest BCUT2D eigenvalue weighted by Gasteiger charge is -2.25. The Hall–Kier alpha value is -1.15. The normalized spacial score (nSPS) is 20.7. The van der Waals surface area contributed by atoms with Gasteiger partial charge < -0.3 is 5.73 Å². The number of hydrogen-bond donors (Lipinski definition) is 1. The van der Waals surface area contributed by atoms with Crippen LogP contribution in [0.4, 0.5) is 0 Å². The zero-order valence-corrected chi connectivity index (χ0v) is 8.42. The fourth-order valence-corrected chi connectivity index (χ4v) is 2.29. The van der Waals surface area contributed by atoms with Gasteiger partial charge in [0.15, 0.2) is 5.78 Å². The first-order chi connectivity index (χ1) is 6.74. The molecule has 2 rings (SSSR count). The van der Waals surface area contributed by atoms with Crippen LogP contribution < -0.4 is 5.73 Å². The molecule has 2 heteroatoms. The van der Waals surface area contributed by atoms with Crippen molar-refractivity contribution in [3.63, 3.8) is 0 Å². The van der Waals surface area contributed by atoms with Gasteiger partial charge in [-0.2, -0.15) is 0 Å². The quantitative estimate of drug-likeness (QED) is 0.734. The molecule has 0 bridgehead atoms. The first-order valence-electron chi connectivity index (χ1n) is 5.07. The number of ketones is 1. The molecule has 0 amide bonds. The van der Waals surface area contributed by atoms with Crippen molar-refractivity contribution in [2.75, 3.05) is 6.54 Å². The molecule has 2 N–H and O–H groups in total. The minimum absolute atomic E-state index is 0.272. The van der Waals surface area contributed by atoms with E-state index >= 15 is 0 Å². The molecule has 0 aromatic heterocycles. The number of nitrogens with two attached hydrogens (primary N) is 1. The van der Waals surface area contributed by atoms with E-state index in [1.165, 1.54) is 11.1 Å². The second-order valence-corrected chi connectivity index (χ2v) is 3.93. The topological polar surface area (TPSA) is 43.1 Å². The highest BCUT2D eigenvalue weighted by Crippen LogP contribution is 2.32. The molecular weight excluding hydrogens is 174 g/mol. The van der Waals surface area contributed by atoms with Gasteiger partial charge in [0.05, 0.1) is 0 Å². The summed E-state index contributed by atoms with van der Waals surface area (Å²) < 4.78 is 0. The van der Waals surface area contributed by atoms with E-state index in [2.05, 4.69) is 13.0 Å². The Labute approximate surface area is 84.1 Å². The van der Waals surface area contributed by atoms with Gasteiger partial charge >= 0.3 is 0 Å². The van der Waals surface area contributed by atoms with Crippen molar-refractivity contribution in [3.8, 4) is 0 Å². The van der Waals surface area contributed by atoms with Gasteiger partial charge in [0.1, 0.15) is 0 Å². The fourth-order valence-electron chi connectivity index (χ4n) is 2.29. The average molecular weight is 189 g/mol. The third-order valence-corrected chi connectivity index (χ3v) is 3.04. The lowest BCUT2D eigenvalue weighted by molar-refractivity contribution is 0.0967.